The highest BCUT2D eigenvalue weighted by atomic mass is 35.5. The Morgan fingerprint density at radius 3 is 2.58 bits per heavy atom. The molecule has 0 aliphatic heterocycles. The minimum Gasteiger partial charge on any atom is -0.313 e. The minimum atomic E-state index is -3.00. The molecular weight excluding hydrogens is 282 g/mol. The first-order valence-electron chi connectivity index (χ1n) is 6.48. The van der Waals surface area contributed by atoms with Crippen molar-refractivity contribution in [1.82, 2.24) is 5.32 Å². The predicted octanol–water partition coefficient (Wildman–Crippen LogP) is 2.60. The lowest BCUT2D eigenvalue weighted by molar-refractivity contribution is 0.530. The maximum Gasteiger partial charge on any atom is 0.148 e. The zero-order valence-corrected chi connectivity index (χ0v) is 13.3. The van der Waals surface area contributed by atoms with E-state index in [-0.39, 0.29) is 11.8 Å². The van der Waals surface area contributed by atoms with Crippen molar-refractivity contribution in [2.24, 2.45) is 0 Å². The number of halogens is 1. The van der Waals surface area contributed by atoms with Gasteiger partial charge in [0.05, 0.1) is 5.75 Å². The molecule has 0 aliphatic rings. The predicted molar refractivity (Wildman–Crippen MR) is 81.7 cm³/mol. The average molecular weight is 304 g/mol. The number of hydrogen-bond acceptors (Lipinski definition) is 3. The van der Waals surface area contributed by atoms with E-state index in [4.69, 9.17) is 11.6 Å². The summed E-state index contributed by atoms with van der Waals surface area (Å²) in [5.41, 5.74) is 2.10. The van der Waals surface area contributed by atoms with E-state index < -0.39 is 9.84 Å². The summed E-state index contributed by atoms with van der Waals surface area (Å²) in [5.74, 6) is 0.136. The largest absolute Gasteiger partial charge is 0.313 e. The third kappa shape index (κ3) is 6.41. The maximum absolute atomic E-state index is 11.5. The van der Waals surface area contributed by atoms with E-state index in [2.05, 4.69) is 12.2 Å². The Morgan fingerprint density at radius 1 is 1.37 bits per heavy atom. The van der Waals surface area contributed by atoms with Crippen LogP contribution in [0.3, 0.4) is 0 Å². The Morgan fingerprint density at radius 2 is 2.05 bits per heavy atom. The van der Waals surface area contributed by atoms with E-state index in [0.717, 1.165) is 24.1 Å². The van der Waals surface area contributed by atoms with Crippen molar-refractivity contribution in [2.75, 3.05) is 18.6 Å². The van der Waals surface area contributed by atoms with Gasteiger partial charge in [-0.2, -0.15) is 0 Å². The fourth-order valence-electron chi connectivity index (χ4n) is 1.99. The summed E-state index contributed by atoms with van der Waals surface area (Å²) in [7, 11) is -3.00. The standard InChI is InChI=1S/C14H22ClNO2S/c1-4-7-16-13(10-19(3,17)18)9-12-6-5-11(2)8-14(12)15/h5-6,8,13,16H,4,7,9-10H2,1-3H3. The van der Waals surface area contributed by atoms with E-state index in [0.29, 0.717) is 11.4 Å². The van der Waals surface area contributed by atoms with Crippen LogP contribution >= 0.6 is 11.6 Å². The third-order valence-corrected chi connectivity index (χ3v) is 4.22. The Bertz CT molecular complexity index is 514. The van der Waals surface area contributed by atoms with Crippen LogP contribution in [0, 0.1) is 6.92 Å². The average Bonchev–Trinajstić information content (AvgIpc) is 2.27. The quantitative estimate of drug-likeness (QED) is 0.842. The van der Waals surface area contributed by atoms with Gasteiger partial charge in [-0.15, -0.1) is 0 Å². The van der Waals surface area contributed by atoms with E-state index in [1.54, 1.807) is 0 Å². The zero-order chi connectivity index (χ0) is 14.5. The molecule has 1 aromatic carbocycles. The molecule has 0 radical (unpaired) electrons. The lowest BCUT2D eigenvalue weighted by Gasteiger charge is -2.18. The van der Waals surface area contributed by atoms with Crippen LogP contribution < -0.4 is 5.32 Å². The number of benzene rings is 1. The first-order chi connectivity index (χ1) is 8.81. The molecule has 0 aliphatic carbocycles. The topological polar surface area (TPSA) is 46.2 Å². The van der Waals surface area contributed by atoms with Crippen molar-refractivity contribution in [1.29, 1.82) is 0 Å². The van der Waals surface area contributed by atoms with Crippen LogP contribution in [0.2, 0.25) is 5.02 Å². The fraction of sp³-hybridized carbons (Fsp3) is 0.571. The van der Waals surface area contributed by atoms with Gasteiger partial charge in [-0.1, -0.05) is 30.7 Å². The molecule has 19 heavy (non-hydrogen) atoms. The second kappa shape index (κ2) is 7.27. The van der Waals surface area contributed by atoms with Crippen LogP contribution in [0.25, 0.3) is 0 Å². The fourth-order valence-corrected chi connectivity index (χ4v) is 3.27. The highest BCUT2D eigenvalue weighted by Gasteiger charge is 2.16. The van der Waals surface area contributed by atoms with Gasteiger partial charge in [0.1, 0.15) is 9.84 Å². The molecule has 0 amide bonds. The normalized spacial score (nSPS) is 13.5. The molecule has 108 valence electrons. The van der Waals surface area contributed by atoms with Crippen molar-refractivity contribution < 1.29 is 8.42 Å². The van der Waals surface area contributed by atoms with Crippen LogP contribution in [0.15, 0.2) is 18.2 Å². The van der Waals surface area contributed by atoms with Crippen molar-refractivity contribution in [3.8, 4) is 0 Å². The van der Waals surface area contributed by atoms with E-state index in [9.17, 15) is 8.42 Å². The summed E-state index contributed by atoms with van der Waals surface area (Å²) in [6.07, 6.45) is 2.87. The van der Waals surface area contributed by atoms with E-state index >= 15 is 0 Å². The molecular formula is C14H22ClNO2S. The highest BCUT2D eigenvalue weighted by molar-refractivity contribution is 7.90. The Kier molecular flexibility index (Phi) is 6.30. The van der Waals surface area contributed by atoms with Crippen LogP contribution in [0.1, 0.15) is 24.5 Å². The monoisotopic (exact) mass is 303 g/mol. The summed E-state index contributed by atoms with van der Waals surface area (Å²) in [6.45, 7) is 4.85. The van der Waals surface area contributed by atoms with Crippen LogP contribution in [-0.2, 0) is 16.3 Å². The van der Waals surface area contributed by atoms with Gasteiger partial charge in [0, 0.05) is 17.3 Å². The van der Waals surface area contributed by atoms with Crippen LogP contribution in [-0.4, -0.2) is 33.0 Å². The van der Waals surface area contributed by atoms with Crippen LogP contribution in [0.4, 0.5) is 0 Å². The zero-order valence-electron chi connectivity index (χ0n) is 11.7. The van der Waals surface area contributed by atoms with Gasteiger partial charge >= 0.3 is 0 Å². The van der Waals surface area contributed by atoms with E-state index in [1.165, 1.54) is 6.26 Å². The first kappa shape index (κ1) is 16.5. The molecule has 1 N–H and O–H groups in total. The van der Waals surface area contributed by atoms with Crippen molar-refractivity contribution >= 4 is 21.4 Å². The molecule has 1 unspecified atom stereocenters. The van der Waals surface area contributed by atoms with Gasteiger partial charge in [-0.25, -0.2) is 8.42 Å². The molecule has 1 rings (SSSR count). The second-order valence-electron chi connectivity index (χ2n) is 5.04. The summed E-state index contributed by atoms with van der Waals surface area (Å²) in [5, 5.41) is 3.98. The number of rotatable bonds is 7. The molecule has 1 aromatic rings. The van der Waals surface area contributed by atoms with Crippen molar-refractivity contribution in [3.05, 3.63) is 34.3 Å². The smallest absolute Gasteiger partial charge is 0.148 e. The van der Waals surface area contributed by atoms with Gasteiger partial charge in [0.25, 0.3) is 0 Å². The minimum absolute atomic E-state index is 0.0878. The third-order valence-electron chi connectivity index (χ3n) is 2.86. The molecule has 0 fully saturated rings. The summed E-state index contributed by atoms with van der Waals surface area (Å²) >= 11 is 6.20. The summed E-state index contributed by atoms with van der Waals surface area (Å²) in [4.78, 5) is 0. The molecule has 3 nitrogen and oxygen atoms in total. The molecule has 0 saturated carbocycles. The molecule has 0 saturated heterocycles. The highest BCUT2D eigenvalue weighted by Crippen LogP contribution is 2.19. The first-order valence-corrected chi connectivity index (χ1v) is 8.92. The lowest BCUT2D eigenvalue weighted by Crippen LogP contribution is -2.37. The Labute approximate surface area is 121 Å². The van der Waals surface area contributed by atoms with Gasteiger partial charge < -0.3 is 5.32 Å². The van der Waals surface area contributed by atoms with Gasteiger partial charge in [0.2, 0.25) is 0 Å². The lowest BCUT2D eigenvalue weighted by atomic mass is 10.1. The number of sulfone groups is 1. The van der Waals surface area contributed by atoms with Gasteiger partial charge in [-0.05, 0) is 43.5 Å². The summed E-state index contributed by atoms with van der Waals surface area (Å²) in [6, 6.07) is 5.79. The Hall–Kier alpha value is -0.580. The molecule has 0 heterocycles. The van der Waals surface area contributed by atoms with E-state index in [1.807, 2.05) is 25.1 Å². The van der Waals surface area contributed by atoms with Crippen LogP contribution in [0.5, 0.6) is 0 Å². The second-order valence-corrected chi connectivity index (χ2v) is 7.63. The molecule has 0 bridgehead atoms. The molecule has 0 spiro atoms. The Balaban J connectivity index is 2.81. The number of aryl methyl sites for hydroxylation is 1. The van der Waals surface area contributed by atoms with Gasteiger partial charge in [-0.3, -0.25) is 0 Å². The molecule has 0 aromatic heterocycles. The van der Waals surface area contributed by atoms with Crippen molar-refractivity contribution in [3.63, 3.8) is 0 Å². The SMILES string of the molecule is CCCNC(Cc1ccc(C)cc1Cl)CS(C)(=O)=O. The molecule has 5 heteroatoms. The number of hydrogen-bond donors (Lipinski definition) is 1. The molecule has 1 atom stereocenters. The number of nitrogens with one attached hydrogen (secondary N) is 1. The maximum atomic E-state index is 11.5. The van der Waals surface area contributed by atoms with Crippen molar-refractivity contribution in [2.45, 2.75) is 32.7 Å². The summed E-state index contributed by atoms with van der Waals surface area (Å²) < 4.78 is 22.9. The van der Waals surface area contributed by atoms with Gasteiger partial charge in [0.15, 0.2) is 0 Å².